The number of ether oxygens (including phenoxy) is 3. The van der Waals surface area contributed by atoms with Crippen LogP contribution >= 0.6 is 0 Å². The Morgan fingerprint density at radius 3 is 2.40 bits per heavy atom. The Labute approximate surface area is 116 Å². The van der Waals surface area contributed by atoms with E-state index >= 15 is 0 Å². The van der Waals surface area contributed by atoms with Crippen molar-refractivity contribution in [3.63, 3.8) is 0 Å². The van der Waals surface area contributed by atoms with E-state index in [0.29, 0.717) is 29.7 Å². The van der Waals surface area contributed by atoms with Crippen molar-refractivity contribution in [1.82, 2.24) is 20.2 Å². The Morgan fingerprint density at radius 2 is 1.85 bits per heavy atom. The van der Waals surface area contributed by atoms with E-state index in [9.17, 15) is 0 Å². The van der Waals surface area contributed by atoms with Crippen molar-refractivity contribution in [2.45, 2.75) is 6.54 Å². The second-order valence-electron chi connectivity index (χ2n) is 3.97. The molecule has 2 aromatic rings. The fraction of sp³-hybridized carbons (Fsp3) is 0.417. The van der Waals surface area contributed by atoms with Gasteiger partial charge in [-0.3, -0.25) is 0 Å². The molecule has 0 aliphatic carbocycles. The number of hydrogen-bond donors (Lipinski definition) is 1. The molecule has 0 radical (unpaired) electrons. The molecule has 0 bridgehead atoms. The van der Waals surface area contributed by atoms with Gasteiger partial charge in [0.05, 0.1) is 21.3 Å². The summed E-state index contributed by atoms with van der Waals surface area (Å²) in [6, 6.07) is 3.73. The maximum Gasteiger partial charge on any atom is 0.242 e. The Bertz CT molecular complexity index is 584. The number of aryl methyl sites for hydroxylation is 1. The van der Waals surface area contributed by atoms with E-state index in [1.807, 2.05) is 12.1 Å². The summed E-state index contributed by atoms with van der Waals surface area (Å²) in [4.78, 5) is 0. The van der Waals surface area contributed by atoms with Crippen molar-refractivity contribution in [3.8, 4) is 17.2 Å². The molecule has 0 saturated heterocycles. The number of rotatable bonds is 6. The molecule has 1 aromatic heterocycles. The molecule has 108 valence electrons. The molecule has 8 nitrogen and oxygen atoms in total. The first-order valence-electron chi connectivity index (χ1n) is 5.95. The lowest BCUT2D eigenvalue weighted by molar-refractivity contribution is 0.322. The van der Waals surface area contributed by atoms with Gasteiger partial charge in [0.2, 0.25) is 11.7 Å². The molecule has 1 heterocycles. The summed E-state index contributed by atoms with van der Waals surface area (Å²) in [7, 11) is 6.50. The molecule has 1 N–H and O–H groups in total. The summed E-state index contributed by atoms with van der Waals surface area (Å²) >= 11 is 0. The first-order valence-corrected chi connectivity index (χ1v) is 5.95. The van der Waals surface area contributed by atoms with Crippen LogP contribution in [0.2, 0.25) is 0 Å². The van der Waals surface area contributed by atoms with Gasteiger partial charge in [0, 0.05) is 19.2 Å². The third kappa shape index (κ3) is 2.58. The summed E-state index contributed by atoms with van der Waals surface area (Å²) < 4.78 is 17.5. The second-order valence-corrected chi connectivity index (χ2v) is 3.97. The van der Waals surface area contributed by atoms with Crippen molar-refractivity contribution in [2.24, 2.45) is 7.05 Å². The fourth-order valence-corrected chi connectivity index (χ4v) is 1.86. The predicted octanol–water partition coefficient (Wildman–Crippen LogP) is 0.848. The lowest BCUT2D eigenvalue weighted by Gasteiger charge is -2.15. The van der Waals surface area contributed by atoms with Crippen LogP contribution in [0.15, 0.2) is 12.1 Å². The van der Waals surface area contributed by atoms with E-state index < -0.39 is 0 Å². The predicted molar refractivity (Wildman–Crippen MR) is 72.2 cm³/mol. The lowest BCUT2D eigenvalue weighted by atomic mass is 10.1. The minimum atomic E-state index is 0.498. The number of hydrogen-bond acceptors (Lipinski definition) is 7. The van der Waals surface area contributed by atoms with Gasteiger partial charge in [0.1, 0.15) is 0 Å². The monoisotopic (exact) mass is 279 g/mol. The summed E-state index contributed by atoms with van der Waals surface area (Å²) in [6.45, 7) is 0.498. The van der Waals surface area contributed by atoms with Gasteiger partial charge in [-0.15, -0.1) is 0 Å². The van der Waals surface area contributed by atoms with Crippen LogP contribution in [0, 0.1) is 0 Å². The molecule has 20 heavy (non-hydrogen) atoms. The minimum absolute atomic E-state index is 0.498. The number of nitrogens with zero attached hydrogens (tertiary/aromatic N) is 4. The van der Waals surface area contributed by atoms with E-state index in [4.69, 9.17) is 14.2 Å². The van der Waals surface area contributed by atoms with Gasteiger partial charge in [-0.25, -0.2) is 4.68 Å². The molecule has 0 aliphatic rings. The highest BCUT2D eigenvalue weighted by Crippen LogP contribution is 2.39. The third-order valence-corrected chi connectivity index (χ3v) is 2.84. The maximum absolute atomic E-state index is 5.41. The molecule has 0 spiro atoms. The molecule has 0 amide bonds. The largest absolute Gasteiger partial charge is 0.493 e. The molecule has 0 saturated carbocycles. The molecule has 0 fully saturated rings. The Morgan fingerprint density at radius 1 is 1.10 bits per heavy atom. The summed E-state index contributed by atoms with van der Waals surface area (Å²) in [5, 5.41) is 14.3. The number of tetrazole rings is 1. The lowest BCUT2D eigenvalue weighted by Crippen LogP contribution is -2.07. The van der Waals surface area contributed by atoms with Gasteiger partial charge in [0.15, 0.2) is 11.5 Å². The molecule has 8 heteroatoms. The van der Waals surface area contributed by atoms with Crippen molar-refractivity contribution in [3.05, 3.63) is 17.7 Å². The van der Waals surface area contributed by atoms with Crippen LogP contribution in [0.4, 0.5) is 5.95 Å². The van der Waals surface area contributed by atoms with Crippen LogP contribution in [-0.4, -0.2) is 41.5 Å². The molecule has 2 rings (SSSR count). The first kappa shape index (κ1) is 13.9. The topological polar surface area (TPSA) is 83.3 Å². The number of aromatic nitrogens is 4. The fourth-order valence-electron chi connectivity index (χ4n) is 1.86. The molecule has 0 unspecified atom stereocenters. The summed E-state index contributed by atoms with van der Waals surface area (Å²) in [5.41, 5.74) is 0.910. The standard InChI is InChI=1S/C12H17N5O3/c1-17-12(14-15-16-17)13-7-8-5-6-9(18-2)11(20-4)10(8)19-3/h5-6H,7H2,1-4H3,(H,13,14,16). The third-order valence-electron chi connectivity index (χ3n) is 2.84. The van der Waals surface area contributed by atoms with Gasteiger partial charge in [0.25, 0.3) is 0 Å². The SMILES string of the molecule is COc1ccc(CNc2nnnn2C)c(OC)c1OC. The van der Waals surface area contributed by atoms with E-state index in [1.165, 1.54) is 0 Å². The quantitative estimate of drug-likeness (QED) is 0.839. The van der Waals surface area contributed by atoms with Gasteiger partial charge in [-0.1, -0.05) is 5.10 Å². The van der Waals surface area contributed by atoms with Gasteiger partial charge in [-0.2, -0.15) is 0 Å². The average molecular weight is 279 g/mol. The van der Waals surface area contributed by atoms with Crippen LogP contribution in [0.25, 0.3) is 0 Å². The van der Waals surface area contributed by atoms with Gasteiger partial charge in [-0.05, 0) is 22.6 Å². The molecular weight excluding hydrogens is 262 g/mol. The highest BCUT2D eigenvalue weighted by molar-refractivity contribution is 5.56. The van der Waals surface area contributed by atoms with Gasteiger partial charge < -0.3 is 19.5 Å². The number of methoxy groups -OCH3 is 3. The highest BCUT2D eigenvalue weighted by atomic mass is 16.5. The van der Waals surface area contributed by atoms with Crippen molar-refractivity contribution < 1.29 is 14.2 Å². The number of nitrogens with one attached hydrogen (secondary N) is 1. The van der Waals surface area contributed by atoms with Crippen LogP contribution in [0.1, 0.15) is 5.56 Å². The zero-order chi connectivity index (χ0) is 14.5. The number of anilines is 1. The average Bonchev–Trinajstić information content (AvgIpc) is 2.89. The van der Waals surface area contributed by atoms with Crippen LogP contribution in [0.5, 0.6) is 17.2 Å². The van der Waals surface area contributed by atoms with Gasteiger partial charge >= 0.3 is 0 Å². The summed E-state index contributed by atoms with van der Waals surface area (Å²) in [6.07, 6.45) is 0. The Kier molecular flexibility index (Phi) is 4.24. The number of benzene rings is 1. The van der Waals surface area contributed by atoms with Crippen molar-refractivity contribution in [2.75, 3.05) is 26.6 Å². The van der Waals surface area contributed by atoms with Crippen molar-refractivity contribution in [1.29, 1.82) is 0 Å². The van der Waals surface area contributed by atoms with Crippen LogP contribution in [-0.2, 0) is 13.6 Å². The highest BCUT2D eigenvalue weighted by Gasteiger charge is 2.16. The van der Waals surface area contributed by atoms with E-state index in [-0.39, 0.29) is 0 Å². The van der Waals surface area contributed by atoms with E-state index in [0.717, 1.165) is 5.56 Å². The van der Waals surface area contributed by atoms with E-state index in [2.05, 4.69) is 20.8 Å². The zero-order valence-corrected chi connectivity index (χ0v) is 11.9. The zero-order valence-electron chi connectivity index (χ0n) is 11.9. The smallest absolute Gasteiger partial charge is 0.242 e. The van der Waals surface area contributed by atoms with Crippen LogP contribution < -0.4 is 19.5 Å². The molecule has 0 aliphatic heterocycles. The molecule has 1 aromatic carbocycles. The maximum atomic E-state index is 5.41. The first-order chi connectivity index (χ1) is 9.71. The Balaban J connectivity index is 2.25. The Hall–Kier alpha value is -2.51. The van der Waals surface area contributed by atoms with E-state index in [1.54, 1.807) is 33.1 Å². The summed E-state index contributed by atoms with van der Waals surface area (Å²) in [5.74, 6) is 2.37. The second kappa shape index (κ2) is 6.09. The van der Waals surface area contributed by atoms with Crippen LogP contribution in [0.3, 0.4) is 0 Å². The van der Waals surface area contributed by atoms with Crippen molar-refractivity contribution >= 4 is 5.95 Å². The molecule has 0 atom stereocenters. The normalized spacial score (nSPS) is 10.2. The molecular formula is C12H17N5O3. The minimum Gasteiger partial charge on any atom is -0.493 e.